The van der Waals surface area contributed by atoms with E-state index in [9.17, 15) is 4.79 Å². The lowest BCUT2D eigenvalue weighted by Gasteiger charge is -2.20. The number of Topliss-reactive ketones (excluding diaryl/α,β-unsaturated/α-hetero) is 1. The molecule has 0 saturated heterocycles. The summed E-state index contributed by atoms with van der Waals surface area (Å²) in [5.74, 6) is 1.75. The number of ketones is 1. The van der Waals surface area contributed by atoms with Gasteiger partial charge in [0.25, 0.3) is 0 Å². The number of hydrogen-bond donors (Lipinski definition) is 0. The molecule has 0 aliphatic rings. The smallest absolute Gasteiger partial charge is 0.129 e. The summed E-state index contributed by atoms with van der Waals surface area (Å²) in [6.07, 6.45) is 4.36. The SMILES string of the molecule is CC(=O)CCC(C)C(C)CCC(C)P. The predicted molar refractivity (Wildman–Crippen MR) is 66.6 cm³/mol. The Morgan fingerprint density at radius 3 is 2.00 bits per heavy atom. The van der Waals surface area contributed by atoms with Gasteiger partial charge in [0, 0.05) is 6.42 Å². The van der Waals surface area contributed by atoms with Crippen molar-refractivity contribution in [3.8, 4) is 0 Å². The quantitative estimate of drug-likeness (QED) is 0.593. The van der Waals surface area contributed by atoms with Crippen molar-refractivity contribution in [2.24, 2.45) is 11.8 Å². The highest BCUT2D eigenvalue weighted by Gasteiger charge is 2.13. The van der Waals surface area contributed by atoms with Gasteiger partial charge in [-0.1, -0.05) is 20.8 Å². The minimum atomic E-state index is 0.323. The maximum atomic E-state index is 10.8. The first-order valence-corrected chi connectivity index (χ1v) is 6.35. The van der Waals surface area contributed by atoms with E-state index in [0.29, 0.717) is 11.7 Å². The molecule has 0 aromatic heterocycles. The van der Waals surface area contributed by atoms with E-state index in [1.54, 1.807) is 6.92 Å². The molecule has 0 aromatic carbocycles. The van der Waals surface area contributed by atoms with E-state index in [1.165, 1.54) is 12.8 Å². The van der Waals surface area contributed by atoms with Crippen LogP contribution < -0.4 is 0 Å². The Morgan fingerprint density at radius 2 is 1.57 bits per heavy atom. The van der Waals surface area contributed by atoms with E-state index in [0.717, 1.165) is 24.4 Å². The lowest BCUT2D eigenvalue weighted by Crippen LogP contribution is -2.10. The fourth-order valence-corrected chi connectivity index (χ4v) is 1.72. The fourth-order valence-electron chi connectivity index (χ4n) is 1.53. The standard InChI is InChI=1S/C12H25OP/c1-9(5-7-11(3)13)10(2)6-8-12(4)14/h9-10,12H,5-8,14H2,1-4H3. The van der Waals surface area contributed by atoms with Gasteiger partial charge in [0.05, 0.1) is 0 Å². The van der Waals surface area contributed by atoms with Gasteiger partial charge in [0.15, 0.2) is 0 Å². The highest BCUT2D eigenvalue weighted by atomic mass is 31.0. The molecular formula is C12H25OP. The molecule has 0 spiro atoms. The minimum absolute atomic E-state index is 0.323. The largest absolute Gasteiger partial charge is 0.300 e. The monoisotopic (exact) mass is 216 g/mol. The molecule has 0 aliphatic heterocycles. The summed E-state index contributed by atoms with van der Waals surface area (Å²) in [5.41, 5.74) is 0.720. The van der Waals surface area contributed by atoms with Crippen LogP contribution in [0.4, 0.5) is 0 Å². The molecule has 0 aromatic rings. The lowest BCUT2D eigenvalue weighted by molar-refractivity contribution is -0.117. The fraction of sp³-hybridized carbons (Fsp3) is 0.917. The zero-order chi connectivity index (χ0) is 11.1. The summed E-state index contributed by atoms with van der Waals surface area (Å²) >= 11 is 0. The summed E-state index contributed by atoms with van der Waals surface area (Å²) in [7, 11) is 2.84. The van der Waals surface area contributed by atoms with Crippen LogP contribution in [0, 0.1) is 11.8 Å². The van der Waals surface area contributed by atoms with Crippen LogP contribution in [0.3, 0.4) is 0 Å². The summed E-state index contributed by atoms with van der Waals surface area (Å²) in [4.78, 5) is 10.8. The molecule has 0 rings (SSSR count). The van der Waals surface area contributed by atoms with Crippen LogP contribution >= 0.6 is 9.24 Å². The summed E-state index contributed by atoms with van der Waals surface area (Å²) in [5, 5.41) is 0. The number of rotatable bonds is 7. The molecule has 0 N–H and O–H groups in total. The Kier molecular flexibility index (Phi) is 7.45. The topological polar surface area (TPSA) is 17.1 Å². The third kappa shape index (κ3) is 7.50. The van der Waals surface area contributed by atoms with Crippen molar-refractivity contribution in [2.75, 3.05) is 0 Å². The second-order valence-electron chi connectivity index (χ2n) is 4.75. The molecule has 4 unspecified atom stereocenters. The van der Waals surface area contributed by atoms with Crippen LogP contribution in [-0.2, 0) is 4.79 Å². The third-order valence-electron chi connectivity index (χ3n) is 3.00. The molecule has 4 atom stereocenters. The Bertz CT molecular complexity index is 166. The molecule has 0 saturated carbocycles. The molecule has 2 heteroatoms. The van der Waals surface area contributed by atoms with Crippen molar-refractivity contribution in [3.63, 3.8) is 0 Å². The molecule has 84 valence electrons. The van der Waals surface area contributed by atoms with Gasteiger partial charge in [-0.15, -0.1) is 9.24 Å². The van der Waals surface area contributed by atoms with Crippen molar-refractivity contribution in [1.82, 2.24) is 0 Å². The van der Waals surface area contributed by atoms with E-state index in [2.05, 4.69) is 30.0 Å². The molecule has 0 bridgehead atoms. The van der Waals surface area contributed by atoms with Crippen LogP contribution in [0.2, 0.25) is 0 Å². The van der Waals surface area contributed by atoms with Crippen molar-refractivity contribution in [1.29, 1.82) is 0 Å². The van der Waals surface area contributed by atoms with E-state index < -0.39 is 0 Å². The van der Waals surface area contributed by atoms with Crippen molar-refractivity contribution in [2.45, 2.75) is 59.0 Å². The second-order valence-corrected chi connectivity index (χ2v) is 5.89. The summed E-state index contributed by atoms with van der Waals surface area (Å²) in [6, 6.07) is 0. The second kappa shape index (κ2) is 7.40. The molecule has 0 amide bonds. The molecule has 0 radical (unpaired) electrons. The third-order valence-corrected chi connectivity index (χ3v) is 3.33. The minimum Gasteiger partial charge on any atom is -0.300 e. The van der Waals surface area contributed by atoms with E-state index in [-0.39, 0.29) is 0 Å². The molecule has 1 nitrogen and oxygen atoms in total. The summed E-state index contributed by atoms with van der Waals surface area (Å²) in [6.45, 7) is 8.48. The first kappa shape index (κ1) is 14.1. The van der Waals surface area contributed by atoms with E-state index >= 15 is 0 Å². The highest BCUT2D eigenvalue weighted by Crippen LogP contribution is 2.23. The van der Waals surface area contributed by atoms with Crippen molar-refractivity contribution in [3.05, 3.63) is 0 Å². The molecule has 14 heavy (non-hydrogen) atoms. The Morgan fingerprint density at radius 1 is 1.07 bits per heavy atom. The van der Waals surface area contributed by atoms with Crippen molar-refractivity contribution < 1.29 is 4.79 Å². The number of hydrogen-bond acceptors (Lipinski definition) is 1. The average molecular weight is 216 g/mol. The average Bonchev–Trinajstić information content (AvgIpc) is 2.09. The summed E-state index contributed by atoms with van der Waals surface area (Å²) < 4.78 is 0. The first-order chi connectivity index (χ1) is 6.43. The van der Waals surface area contributed by atoms with Gasteiger partial charge in [-0.05, 0) is 43.7 Å². The molecular weight excluding hydrogens is 191 g/mol. The Labute approximate surface area is 91.2 Å². The molecule has 0 heterocycles. The van der Waals surface area contributed by atoms with Crippen LogP contribution in [0.1, 0.15) is 53.4 Å². The van der Waals surface area contributed by atoms with Gasteiger partial charge in [0.2, 0.25) is 0 Å². The first-order valence-electron chi connectivity index (χ1n) is 5.68. The van der Waals surface area contributed by atoms with Gasteiger partial charge in [-0.3, -0.25) is 0 Å². The number of carbonyl (C=O) groups is 1. The lowest BCUT2D eigenvalue weighted by atomic mass is 9.87. The molecule has 0 fully saturated rings. The maximum absolute atomic E-state index is 10.8. The van der Waals surface area contributed by atoms with E-state index in [4.69, 9.17) is 0 Å². The Hall–Kier alpha value is 0.100. The van der Waals surface area contributed by atoms with E-state index in [1.807, 2.05) is 0 Å². The van der Waals surface area contributed by atoms with Crippen LogP contribution in [0.15, 0.2) is 0 Å². The zero-order valence-corrected chi connectivity index (χ0v) is 11.2. The van der Waals surface area contributed by atoms with Gasteiger partial charge < -0.3 is 4.79 Å². The molecule has 0 aliphatic carbocycles. The highest BCUT2D eigenvalue weighted by molar-refractivity contribution is 7.17. The van der Waals surface area contributed by atoms with Crippen LogP contribution in [0.25, 0.3) is 0 Å². The number of carbonyl (C=O) groups excluding carboxylic acids is 1. The van der Waals surface area contributed by atoms with Gasteiger partial charge in [-0.25, -0.2) is 0 Å². The predicted octanol–water partition coefficient (Wildman–Crippen LogP) is 3.67. The maximum Gasteiger partial charge on any atom is 0.129 e. The zero-order valence-electron chi connectivity index (χ0n) is 10.0. The van der Waals surface area contributed by atoms with Crippen LogP contribution in [-0.4, -0.2) is 11.4 Å². The van der Waals surface area contributed by atoms with Gasteiger partial charge >= 0.3 is 0 Å². The Balaban J connectivity index is 3.64. The normalized spacial score (nSPS) is 17.5. The van der Waals surface area contributed by atoms with Crippen molar-refractivity contribution >= 4 is 15.0 Å². The van der Waals surface area contributed by atoms with Gasteiger partial charge in [0.1, 0.15) is 5.78 Å². The van der Waals surface area contributed by atoms with Gasteiger partial charge in [-0.2, -0.15) is 0 Å². The van der Waals surface area contributed by atoms with Crippen LogP contribution in [0.5, 0.6) is 0 Å².